The Bertz CT molecular complexity index is 867. The minimum absolute atomic E-state index is 0.0471. The maximum Gasteiger partial charge on any atom is 0.272 e. The molecule has 4 heteroatoms. The molecule has 24 heavy (non-hydrogen) atoms. The second kappa shape index (κ2) is 6.40. The average molecular weight is 317 g/mol. The number of likely N-dealkylation sites (tertiary alicyclic amines) is 1. The van der Waals surface area contributed by atoms with Crippen molar-refractivity contribution in [3.63, 3.8) is 0 Å². The first-order chi connectivity index (χ1) is 11.8. The van der Waals surface area contributed by atoms with Gasteiger partial charge >= 0.3 is 0 Å². The Hall–Kier alpha value is -2.75. The quantitative estimate of drug-likeness (QED) is 0.719. The fourth-order valence-electron chi connectivity index (χ4n) is 3.21. The van der Waals surface area contributed by atoms with E-state index in [1.54, 1.807) is 12.4 Å². The molecule has 0 bridgehead atoms. The number of carbonyl (C=O) groups is 1. The Morgan fingerprint density at radius 3 is 2.50 bits per heavy atom. The molecule has 1 aliphatic heterocycles. The zero-order valence-electron chi connectivity index (χ0n) is 13.5. The summed E-state index contributed by atoms with van der Waals surface area (Å²) in [6.45, 7) is 1.70. The maximum atomic E-state index is 12.5. The third-order valence-electron chi connectivity index (χ3n) is 4.60. The van der Waals surface area contributed by atoms with Gasteiger partial charge in [0, 0.05) is 42.6 Å². The lowest BCUT2D eigenvalue weighted by Crippen LogP contribution is -2.36. The van der Waals surface area contributed by atoms with E-state index in [-0.39, 0.29) is 5.91 Å². The van der Waals surface area contributed by atoms with Crippen LogP contribution < -0.4 is 0 Å². The van der Waals surface area contributed by atoms with Crippen LogP contribution in [0.15, 0.2) is 55.0 Å². The summed E-state index contributed by atoms with van der Waals surface area (Å²) in [5, 5.41) is 2.27. The first-order valence-corrected chi connectivity index (χ1v) is 8.41. The summed E-state index contributed by atoms with van der Waals surface area (Å²) in [5.41, 5.74) is 2.65. The number of hydrogen-bond donors (Lipinski definition) is 0. The van der Waals surface area contributed by atoms with Crippen molar-refractivity contribution >= 4 is 16.7 Å². The number of aromatic nitrogens is 2. The van der Waals surface area contributed by atoms with E-state index in [0.29, 0.717) is 5.69 Å². The van der Waals surface area contributed by atoms with E-state index in [1.807, 2.05) is 29.3 Å². The smallest absolute Gasteiger partial charge is 0.272 e. The summed E-state index contributed by atoms with van der Waals surface area (Å²) in [5.74, 6) is 0.0471. The molecule has 4 nitrogen and oxygen atoms in total. The molecular formula is C20H19N3O. The van der Waals surface area contributed by atoms with Crippen LogP contribution in [0.5, 0.6) is 0 Å². The second-order valence-corrected chi connectivity index (χ2v) is 6.22. The molecule has 1 aromatic carbocycles. The van der Waals surface area contributed by atoms with E-state index in [4.69, 9.17) is 0 Å². The minimum Gasteiger partial charge on any atom is -0.337 e. The van der Waals surface area contributed by atoms with E-state index < -0.39 is 0 Å². The van der Waals surface area contributed by atoms with Gasteiger partial charge in [0.1, 0.15) is 5.69 Å². The Morgan fingerprint density at radius 2 is 1.71 bits per heavy atom. The van der Waals surface area contributed by atoms with Gasteiger partial charge in [-0.15, -0.1) is 0 Å². The topological polar surface area (TPSA) is 46.1 Å². The van der Waals surface area contributed by atoms with Crippen LogP contribution in [-0.2, 0) is 0 Å². The highest BCUT2D eigenvalue weighted by Gasteiger charge is 2.19. The molecule has 0 atom stereocenters. The summed E-state index contributed by atoms with van der Waals surface area (Å²) in [7, 11) is 0. The molecule has 1 fully saturated rings. The van der Waals surface area contributed by atoms with E-state index in [0.717, 1.165) is 47.8 Å². The largest absolute Gasteiger partial charge is 0.337 e. The molecule has 3 aromatic rings. The SMILES string of the molecule is O=C(c1ccc(-c2ccc3cnccc3c2)cn1)N1CCCCC1. The fraction of sp³-hybridized carbons (Fsp3) is 0.250. The van der Waals surface area contributed by atoms with E-state index in [1.165, 1.54) is 6.42 Å². The molecule has 1 aliphatic rings. The summed E-state index contributed by atoms with van der Waals surface area (Å²) in [6.07, 6.45) is 8.85. The zero-order chi connectivity index (χ0) is 16.4. The van der Waals surface area contributed by atoms with Gasteiger partial charge in [-0.25, -0.2) is 0 Å². The number of nitrogens with zero attached hydrogens (tertiary/aromatic N) is 3. The highest BCUT2D eigenvalue weighted by Crippen LogP contribution is 2.24. The van der Waals surface area contributed by atoms with E-state index in [9.17, 15) is 4.79 Å². The molecule has 0 radical (unpaired) electrons. The standard InChI is InChI=1S/C20H19N3O/c24-20(23-10-2-1-3-11-23)19-7-6-18(14-22-19)15-4-5-17-13-21-9-8-16(17)12-15/h4-9,12-14H,1-3,10-11H2. The van der Waals surface area contributed by atoms with Gasteiger partial charge in [-0.3, -0.25) is 14.8 Å². The van der Waals surface area contributed by atoms with E-state index in [2.05, 4.69) is 28.2 Å². The lowest BCUT2D eigenvalue weighted by Gasteiger charge is -2.26. The third kappa shape index (κ3) is 2.87. The normalized spacial score (nSPS) is 14.8. The molecule has 3 heterocycles. The summed E-state index contributed by atoms with van der Waals surface area (Å²) in [6, 6.07) is 12.1. The number of rotatable bonds is 2. The molecule has 2 aromatic heterocycles. The summed E-state index contributed by atoms with van der Waals surface area (Å²) < 4.78 is 0. The number of hydrogen-bond acceptors (Lipinski definition) is 3. The van der Waals surface area contributed by atoms with Crippen molar-refractivity contribution in [2.45, 2.75) is 19.3 Å². The van der Waals surface area contributed by atoms with Crippen LogP contribution in [0.4, 0.5) is 0 Å². The third-order valence-corrected chi connectivity index (χ3v) is 4.60. The maximum absolute atomic E-state index is 12.5. The Kier molecular flexibility index (Phi) is 3.95. The second-order valence-electron chi connectivity index (χ2n) is 6.22. The molecule has 1 amide bonds. The fourth-order valence-corrected chi connectivity index (χ4v) is 3.21. The van der Waals surface area contributed by atoms with Crippen LogP contribution in [-0.4, -0.2) is 33.9 Å². The van der Waals surface area contributed by atoms with Crippen LogP contribution in [0.1, 0.15) is 29.8 Å². The Balaban J connectivity index is 1.59. The van der Waals surface area contributed by atoms with Gasteiger partial charge in [0.25, 0.3) is 5.91 Å². The predicted molar refractivity (Wildman–Crippen MR) is 94.7 cm³/mol. The van der Waals surface area contributed by atoms with Gasteiger partial charge in [-0.1, -0.05) is 18.2 Å². The number of fused-ring (bicyclic) bond motifs is 1. The highest BCUT2D eigenvalue weighted by atomic mass is 16.2. The highest BCUT2D eigenvalue weighted by molar-refractivity contribution is 5.93. The molecule has 0 spiro atoms. The van der Waals surface area contributed by atoms with Gasteiger partial charge in [0.05, 0.1) is 0 Å². The number of pyridine rings is 2. The van der Waals surface area contributed by atoms with Gasteiger partial charge in [0.15, 0.2) is 0 Å². The van der Waals surface area contributed by atoms with E-state index >= 15 is 0 Å². The lowest BCUT2D eigenvalue weighted by atomic mass is 10.0. The van der Waals surface area contributed by atoms with Gasteiger partial charge < -0.3 is 4.90 Å². The molecule has 120 valence electrons. The summed E-state index contributed by atoms with van der Waals surface area (Å²) >= 11 is 0. The van der Waals surface area contributed by atoms with Gasteiger partial charge in [-0.05, 0) is 48.4 Å². The van der Waals surface area contributed by atoms with Crippen LogP contribution in [0.3, 0.4) is 0 Å². The van der Waals surface area contributed by atoms with Crippen molar-refractivity contribution in [1.82, 2.24) is 14.9 Å². The molecule has 0 N–H and O–H groups in total. The van der Waals surface area contributed by atoms with Crippen molar-refractivity contribution in [1.29, 1.82) is 0 Å². The monoisotopic (exact) mass is 317 g/mol. The minimum atomic E-state index is 0.0471. The molecule has 0 aliphatic carbocycles. The van der Waals surface area contributed by atoms with Crippen LogP contribution >= 0.6 is 0 Å². The Labute approximate surface area is 141 Å². The lowest BCUT2D eigenvalue weighted by molar-refractivity contribution is 0.0718. The van der Waals surface area contributed by atoms with Crippen molar-refractivity contribution in [3.05, 3.63) is 60.7 Å². The van der Waals surface area contributed by atoms with Gasteiger partial charge in [0.2, 0.25) is 0 Å². The first-order valence-electron chi connectivity index (χ1n) is 8.41. The first kappa shape index (κ1) is 14.8. The van der Waals surface area contributed by atoms with Gasteiger partial charge in [-0.2, -0.15) is 0 Å². The average Bonchev–Trinajstić information content (AvgIpc) is 2.68. The van der Waals surface area contributed by atoms with Crippen molar-refractivity contribution in [2.24, 2.45) is 0 Å². The van der Waals surface area contributed by atoms with Crippen molar-refractivity contribution in [2.75, 3.05) is 13.1 Å². The van der Waals surface area contributed by atoms with Crippen LogP contribution in [0.25, 0.3) is 21.9 Å². The molecule has 4 rings (SSSR count). The molecular weight excluding hydrogens is 298 g/mol. The molecule has 0 saturated carbocycles. The van der Waals surface area contributed by atoms with Crippen molar-refractivity contribution < 1.29 is 4.79 Å². The molecule has 1 saturated heterocycles. The van der Waals surface area contributed by atoms with Crippen LogP contribution in [0, 0.1) is 0 Å². The number of benzene rings is 1. The number of amides is 1. The molecule has 0 unspecified atom stereocenters. The van der Waals surface area contributed by atoms with Crippen molar-refractivity contribution in [3.8, 4) is 11.1 Å². The zero-order valence-corrected chi connectivity index (χ0v) is 13.5. The predicted octanol–water partition coefficient (Wildman–Crippen LogP) is 3.92. The van der Waals surface area contributed by atoms with Crippen LogP contribution in [0.2, 0.25) is 0 Å². The number of carbonyl (C=O) groups excluding carboxylic acids is 1. The summed E-state index contributed by atoms with van der Waals surface area (Å²) in [4.78, 5) is 22.9. The number of piperidine rings is 1. The Morgan fingerprint density at radius 1 is 0.875 bits per heavy atom.